The maximum Gasteiger partial charge on any atom is 0.268 e. The van der Waals surface area contributed by atoms with Crippen molar-refractivity contribution in [2.45, 2.75) is 43.2 Å². The number of hydrogen-bond donors (Lipinski definition) is 1. The number of ketones is 2. The predicted molar refractivity (Wildman–Crippen MR) is 128 cm³/mol. The summed E-state index contributed by atoms with van der Waals surface area (Å²) in [6, 6.07) is 6.40. The van der Waals surface area contributed by atoms with Crippen LogP contribution in [0.5, 0.6) is 0 Å². The number of carbonyl (C=O) groups excluding carboxylic acids is 2. The van der Waals surface area contributed by atoms with Crippen LogP contribution in [0.4, 0.5) is 0 Å². The molecule has 9 heteroatoms. The SMILES string of the molecule is Cc1ccc(S(=O)(=O)n2cc3c4c2C(=O)C2=N[C@H]5COC6CC(=O)C=C[C@@]6(C5)C2=C4NCC3)cc1. The number of aryl methyl sites for hydroxylation is 1. The maximum absolute atomic E-state index is 14.1. The second-order valence-electron chi connectivity index (χ2n) is 9.95. The van der Waals surface area contributed by atoms with Crippen LogP contribution in [0.1, 0.15) is 40.0 Å². The van der Waals surface area contributed by atoms with Gasteiger partial charge < -0.3 is 10.1 Å². The maximum atomic E-state index is 14.1. The van der Waals surface area contributed by atoms with Crippen molar-refractivity contribution in [3.05, 3.63) is 70.6 Å². The standard InChI is InChI=1S/C26H23N3O5S/c1-14-2-4-18(5-3-14)35(32,33)29-12-15-7-9-27-22-20(15)24(29)25(31)23-21(22)26-8-6-17(30)10-19(26)34-13-16(11-26)28-23/h2-6,8,12,16,19,27H,7,9-11,13H2,1H3/t16-,19?,26+/m1/s1. The van der Waals surface area contributed by atoms with Crippen molar-refractivity contribution >= 4 is 33.0 Å². The number of aromatic nitrogens is 1. The topological polar surface area (TPSA) is 107 Å². The monoisotopic (exact) mass is 489 g/mol. The second-order valence-corrected chi connectivity index (χ2v) is 11.8. The van der Waals surface area contributed by atoms with Crippen LogP contribution in [0.3, 0.4) is 0 Å². The highest BCUT2D eigenvalue weighted by atomic mass is 32.2. The molecule has 1 spiro atoms. The zero-order valence-electron chi connectivity index (χ0n) is 19.1. The minimum absolute atomic E-state index is 0.00389. The van der Waals surface area contributed by atoms with E-state index >= 15 is 0 Å². The fourth-order valence-electron chi connectivity index (χ4n) is 6.25. The molecule has 178 valence electrons. The molecule has 0 amide bonds. The van der Waals surface area contributed by atoms with Crippen LogP contribution in [0.15, 0.2) is 58.1 Å². The smallest absolute Gasteiger partial charge is 0.268 e. The van der Waals surface area contributed by atoms with E-state index in [1.165, 1.54) is 0 Å². The molecule has 1 aromatic heterocycles. The molecule has 3 atom stereocenters. The molecular formula is C26H23N3O5S. The van der Waals surface area contributed by atoms with Crippen molar-refractivity contribution in [2.24, 2.45) is 10.4 Å². The van der Waals surface area contributed by atoms with Crippen molar-refractivity contribution in [1.82, 2.24) is 9.29 Å². The molecule has 2 aromatic rings. The number of benzene rings is 1. The van der Waals surface area contributed by atoms with E-state index in [1.807, 2.05) is 13.0 Å². The van der Waals surface area contributed by atoms with E-state index in [-0.39, 0.29) is 46.4 Å². The van der Waals surface area contributed by atoms with Crippen LogP contribution in [0, 0.1) is 12.3 Å². The van der Waals surface area contributed by atoms with Gasteiger partial charge in [-0.25, -0.2) is 12.4 Å². The first-order valence-electron chi connectivity index (χ1n) is 11.8. The molecule has 1 fully saturated rings. The number of aliphatic imine (C=N–C) groups is 1. The van der Waals surface area contributed by atoms with E-state index in [1.54, 1.807) is 36.5 Å². The van der Waals surface area contributed by atoms with Gasteiger partial charge in [-0.3, -0.25) is 14.6 Å². The van der Waals surface area contributed by atoms with Crippen molar-refractivity contribution in [3.8, 4) is 0 Å². The zero-order chi connectivity index (χ0) is 24.1. The lowest BCUT2D eigenvalue weighted by atomic mass is 9.60. The third-order valence-electron chi connectivity index (χ3n) is 7.86. The Labute approximate surface area is 202 Å². The third kappa shape index (κ3) is 2.70. The van der Waals surface area contributed by atoms with Crippen molar-refractivity contribution in [1.29, 1.82) is 0 Å². The van der Waals surface area contributed by atoms with Gasteiger partial charge in [0.1, 0.15) is 11.4 Å². The molecule has 7 rings (SSSR count). The molecule has 5 aliphatic rings. The Morgan fingerprint density at radius 1 is 1.20 bits per heavy atom. The molecule has 0 saturated carbocycles. The highest BCUT2D eigenvalue weighted by Gasteiger charge is 2.56. The van der Waals surface area contributed by atoms with E-state index < -0.39 is 15.4 Å². The van der Waals surface area contributed by atoms with Crippen LogP contribution < -0.4 is 5.32 Å². The average Bonchev–Trinajstić information content (AvgIpc) is 3.25. The molecule has 3 aliphatic heterocycles. The number of hydrogen-bond acceptors (Lipinski definition) is 7. The summed E-state index contributed by atoms with van der Waals surface area (Å²) in [5.41, 5.74) is 3.66. The first kappa shape index (κ1) is 21.0. The molecule has 0 radical (unpaired) electrons. The summed E-state index contributed by atoms with van der Waals surface area (Å²) in [4.78, 5) is 31.2. The quantitative estimate of drug-likeness (QED) is 0.693. The van der Waals surface area contributed by atoms with Gasteiger partial charge >= 0.3 is 0 Å². The summed E-state index contributed by atoms with van der Waals surface area (Å²) in [5, 5.41) is 3.46. The number of nitrogens with one attached hydrogen (secondary N) is 1. The lowest BCUT2D eigenvalue weighted by Crippen LogP contribution is -2.56. The summed E-state index contributed by atoms with van der Waals surface area (Å²) in [5.74, 6) is -0.386. The highest BCUT2D eigenvalue weighted by Crippen LogP contribution is 2.54. The molecule has 2 bridgehead atoms. The Hall–Kier alpha value is -3.30. The molecule has 1 unspecified atom stereocenters. The largest absolute Gasteiger partial charge is 0.384 e. The Balaban J connectivity index is 1.51. The van der Waals surface area contributed by atoms with Gasteiger partial charge in [0.15, 0.2) is 5.78 Å². The highest BCUT2D eigenvalue weighted by molar-refractivity contribution is 7.90. The zero-order valence-corrected chi connectivity index (χ0v) is 19.9. The first-order valence-corrected chi connectivity index (χ1v) is 13.3. The second kappa shape index (κ2) is 6.89. The van der Waals surface area contributed by atoms with E-state index in [9.17, 15) is 18.0 Å². The van der Waals surface area contributed by atoms with Crippen LogP contribution in [-0.4, -0.2) is 55.0 Å². The van der Waals surface area contributed by atoms with Gasteiger partial charge in [-0.05, 0) is 43.5 Å². The van der Waals surface area contributed by atoms with Crippen molar-refractivity contribution in [3.63, 3.8) is 0 Å². The van der Waals surface area contributed by atoms with Crippen LogP contribution in [-0.2, 0) is 26.0 Å². The number of ether oxygens (including phenoxy) is 1. The summed E-state index contributed by atoms with van der Waals surface area (Å²) in [7, 11) is -4.00. The van der Waals surface area contributed by atoms with Crippen LogP contribution in [0.2, 0.25) is 0 Å². The number of Topliss-reactive ketones (excluding diaryl/α,β-unsaturated/α-hetero) is 1. The number of carbonyl (C=O) groups is 2. The Morgan fingerprint density at radius 3 is 2.80 bits per heavy atom. The fraction of sp³-hybridized carbons (Fsp3) is 0.346. The van der Waals surface area contributed by atoms with E-state index in [0.29, 0.717) is 31.6 Å². The molecule has 1 aromatic carbocycles. The first-order chi connectivity index (χ1) is 16.8. The number of fused-ring (bicyclic) bond motifs is 2. The third-order valence-corrected chi connectivity index (χ3v) is 9.53. The van der Waals surface area contributed by atoms with Crippen molar-refractivity contribution < 1.29 is 22.7 Å². The summed E-state index contributed by atoms with van der Waals surface area (Å²) in [6.07, 6.45) is 6.21. The molecule has 4 heterocycles. The number of allylic oxidation sites excluding steroid dienone is 1. The Bertz CT molecular complexity index is 1540. The Morgan fingerprint density at radius 2 is 2.00 bits per heavy atom. The molecule has 1 saturated heterocycles. The van der Waals surface area contributed by atoms with Gasteiger partial charge in [0, 0.05) is 35.7 Å². The van der Waals surface area contributed by atoms with Crippen LogP contribution >= 0.6 is 0 Å². The van der Waals surface area contributed by atoms with E-state index in [0.717, 1.165) is 26.4 Å². The van der Waals surface area contributed by atoms with Gasteiger partial charge in [0.05, 0.1) is 29.3 Å². The van der Waals surface area contributed by atoms with Crippen molar-refractivity contribution in [2.75, 3.05) is 13.2 Å². The van der Waals surface area contributed by atoms with Gasteiger partial charge in [-0.2, -0.15) is 0 Å². The minimum Gasteiger partial charge on any atom is -0.384 e. The fourth-order valence-corrected chi connectivity index (χ4v) is 7.64. The van der Waals surface area contributed by atoms with E-state index in [2.05, 4.69) is 5.32 Å². The summed E-state index contributed by atoms with van der Waals surface area (Å²) >= 11 is 0. The Kier molecular flexibility index (Phi) is 4.14. The molecule has 2 aliphatic carbocycles. The summed E-state index contributed by atoms with van der Waals surface area (Å²) < 4.78 is 34.7. The van der Waals surface area contributed by atoms with Gasteiger partial charge in [0.25, 0.3) is 10.0 Å². The number of rotatable bonds is 2. The molecule has 35 heavy (non-hydrogen) atoms. The molecule has 1 N–H and O–H groups in total. The van der Waals surface area contributed by atoms with Crippen LogP contribution in [0.25, 0.3) is 5.70 Å². The lowest BCUT2D eigenvalue weighted by molar-refractivity contribution is -0.124. The van der Waals surface area contributed by atoms with Gasteiger partial charge in [-0.15, -0.1) is 0 Å². The normalized spacial score (nSPS) is 28.7. The number of nitrogens with zero attached hydrogens (tertiary/aromatic N) is 2. The van der Waals surface area contributed by atoms with Gasteiger partial charge in [0.2, 0.25) is 5.78 Å². The molecular weight excluding hydrogens is 466 g/mol. The van der Waals surface area contributed by atoms with Gasteiger partial charge in [-0.1, -0.05) is 23.8 Å². The average molecular weight is 490 g/mol. The predicted octanol–water partition coefficient (Wildman–Crippen LogP) is 2.21. The minimum atomic E-state index is -4.00. The molecule has 8 nitrogen and oxygen atoms in total. The summed E-state index contributed by atoms with van der Waals surface area (Å²) in [6.45, 7) is 2.83. The lowest BCUT2D eigenvalue weighted by Gasteiger charge is -2.51. The van der Waals surface area contributed by atoms with E-state index in [4.69, 9.17) is 9.73 Å².